The van der Waals surface area contributed by atoms with Crippen LogP contribution >= 0.6 is 0 Å². The van der Waals surface area contributed by atoms with E-state index in [1.54, 1.807) is 12.1 Å². The average molecular weight is 201 g/mol. The minimum atomic E-state index is -0.0831. The molecule has 0 saturated heterocycles. The molecule has 1 aromatic carbocycles. The van der Waals surface area contributed by atoms with Crippen LogP contribution in [0.25, 0.3) is 5.76 Å². The number of Topliss-reactive ketones (excluding diaryl/α,β-unsaturated/α-hetero) is 1. The van der Waals surface area contributed by atoms with Gasteiger partial charge in [0.2, 0.25) is 0 Å². The summed E-state index contributed by atoms with van der Waals surface area (Å²) in [5.41, 5.74) is 1.12. The molecule has 0 spiro atoms. The second-order valence-electron chi connectivity index (χ2n) is 3.80. The number of carbonyl (C=O) groups is 1. The van der Waals surface area contributed by atoms with E-state index in [1.165, 1.54) is 0 Å². The highest BCUT2D eigenvalue weighted by atomic mass is 16.3. The Morgan fingerprint density at radius 3 is 2.40 bits per heavy atom. The third kappa shape index (κ3) is 2.09. The molecule has 1 aliphatic carbocycles. The lowest BCUT2D eigenvalue weighted by Crippen LogP contribution is -2.16. The highest BCUT2D eigenvalue weighted by Gasteiger charge is 2.15. The normalized spacial score (nSPS) is 20.1. The Balaban J connectivity index is 2.35. The van der Waals surface area contributed by atoms with E-state index in [4.69, 9.17) is 0 Å². The van der Waals surface area contributed by atoms with Crippen molar-refractivity contribution in [3.63, 3.8) is 0 Å². The average Bonchev–Trinajstić information content (AvgIpc) is 2.30. The summed E-state index contributed by atoms with van der Waals surface area (Å²) in [4.78, 5) is 11.6. The van der Waals surface area contributed by atoms with Crippen LogP contribution in [0.2, 0.25) is 0 Å². The van der Waals surface area contributed by atoms with Crippen LogP contribution < -0.4 is 5.11 Å². The maximum absolute atomic E-state index is 12.0. The van der Waals surface area contributed by atoms with E-state index in [-0.39, 0.29) is 11.5 Å². The van der Waals surface area contributed by atoms with Crippen molar-refractivity contribution in [1.82, 2.24) is 0 Å². The number of rotatable bonds is 1. The topological polar surface area (TPSA) is 40.1 Å². The maximum Gasteiger partial charge on any atom is 0.158 e. The molecule has 1 saturated carbocycles. The van der Waals surface area contributed by atoms with Crippen molar-refractivity contribution in [3.05, 3.63) is 41.5 Å². The summed E-state index contributed by atoms with van der Waals surface area (Å²) >= 11 is 0. The molecule has 1 aromatic rings. The van der Waals surface area contributed by atoms with Crippen molar-refractivity contribution in [3.8, 4) is 0 Å². The highest BCUT2D eigenvalue weighted by molar-refractivity contribution is 6.01. The zero-order chi connectivity index (χ0) is 10.7. The van der Waals surface area contributed by atoms with Crippen LogP contribution in [-0.4, -0.2) is 5.78 Å². The van der Waals surface area contributed by atoms with Gasteiger partial charge in [0.15, 0.2) is 5.78 Å². The Hall–Kier alpha value is -1.57. The fourth-order valence-electron chi connectivity index (χ4n) is 1.88. The number of hydrogen-bond acceptors (Lipinski definition) is 2. The van der Waals surface area contributed by atoms with Gasteiger partial charge in [0.1, 0.15) is 0 Å². The lowest BCUT2D eigenvalue weighted by atomic mass is 9.91. The van der Waals surface area contributed by atoms with E-state index in [2.05, 4.69) is 0 Å². The van der Waals surface area contributed by atoms with Gasteiger partial charge in [0, 0.05) is 6.42 Å². The van der Waals surface area contributed by atoms with Gasteiger partial charge >= 0.3 is 0 Å². The van der Waals surface area contributed by atoms with Crippen molar-refractivity contribution in [1.29, 1.82) is 0 Å². The van der Waals surface area contributed by atoms with Crippen LogP contribution in [0.5, 0.6) is 0 Å². The molecule has 1 fully saturated rings. The van der Waals surface area contributed by atoms with Crippen LogP contribution in [0.4, 0.5) is 0 Å². The molecular weight excluding hydrogens is 188 g/mol. The van der Waals surface area contributed by atoms with E-state index < -0.39 is 0 Å². The monoisotopic (exact) mass is 201 g/mol. The molecule has 0 bridgehead atoms. The molecule has 0 aromatic heterocycles. The van der Waals surface area contributed by atoms with E-state index in [0.717, 1.165) is 12.8 Å². The predicted octanol–water partition coefficient (Wildman–Crippen LogP) is 1.90. The van der Waals surface area contributed by atoms with Crippen LogP contribution in [-0.2, 0) is 4.79 Å². The molecule has 1 aliphatic rings. The molecule has 0 aliphatic heterocycles. The van der Waals surface area contributed by atoms with E-state index in [1.807, 2.05) is 18.2 Å². The minimum absolute atomic E-state index is 0.0371. The van der Waals surface area contributed by atoms with Gasteiger partial charge in [-0.15, -0.1) is 0 Å². The molecular formula is C13H13O2-. The van der Waals surface area contributed by atoms with E-state index in [9.17, 15) is 9.90 Å². The summed E-state index contributed by atoms with van der Waals surface area (Å²) in [6, 6.07) is 9.03. The summed E-state index contributed by atoms with van der Waals surface area (Å²) < 4.78 is 0. The van der Waals surface area contributed by atoms with Crippen LogP contribution in [0.1, 0.15) is 31.2 Å². The van der Waals surface area contributed by atoms with Crippen molar-refractivity contribution in [2.75, 3.05) is 0 Å². The van der Waals surface area contributed by atoms with Gasteiger partial charge in [-0.05, 0) is 30.4 Å². The smallest absolute Gasteiger partial charge is 0.158 e. The first kappa shape index (κ1) is 9.97. The molecule has 2 heteroatoms. The van der Waals surface area contributed by atoms with Crippen molar-refractivity contribution in [2.24, 2.45) is 0 Å². The third-order valence-electron chi connectivity index (χ3n) is 2.73. The standard InChI is InChI=1S/C13H14O2/c14-12-9-5-4-8-11(12)13(15)10-6-2-1-3-7-10/h1-3,6-7,15H,4-5,8-9H2/p-1/b13-11+. The number of benzene rings is 1. The second kappa shape index (κ2) is 4.30. The van der Waals surface area contributed by atoms with Crippen LogP contribution in [0, 0.1) is 0 Å². The molecule has 0 heterocycles. The fourth-order valence-corrected chi connectivity index (χ4v) is 1.88. The molecule has 2 nitrogen and oxygen atoms in total. The molecule has 0 amide bonds. The first-order valence-corrected chi connectivity index (χ1v) is 5.28. The van der Waals surface area contributed by atoms with E-state index >= 15 is 0 Å². The SMILES string of the molecule is O=C1CCCC/C1=C(\[O-])c1ccccc1. The van der Waals surface area contributed by atoms with Crippen LogP contribution in [0.3, 0.4) is 0 Å². The first-order valence-electron chi connectivity index (χ1n) is 5.28. The summed E-state index contributed by atoms with van der Waals surface area (Å²) in [6.07, 6.45) is 3.06. The van der Waals surface area contributed by atoms with Gasteiger partial charge in [-0.3, -0.25) is 4.79 Å². The lowest BCUT2D eigenvalue weighted by molar-refractivity contribution is -0.245. The number of hydrogen-bond donors (Lipinski definition) is 0. The van der Waals surface area contributed by atoms with Crippen LogP contribution in [0.15, 0.2) is 35.9 Å². The van der Waals surface area contributed by atoms with Gasteiger partial charge < -0.3 is 5.11 Å². The molecule has 0 unspecified atom stereocenters. The zero-order valence-corrected chi connectivity index (χ0v) is 8.53. The Morgan fingerprint density at radius 2 is 1.73 bits per heavy atom. The third-order valence-corrected chi connectivity index (χ3v) is 2.73. The van der Waals surface area contributed by atoms with Gasteiger partial charge in [0.25, 0.3) is 0 Å². The maximum atomic E-state index is 12.0. The van der Waals surface area contributed by atoms with Gasteiger partial charge in [-0.1, -0.05) is 36.1 Å². The zero-order valence-electron chi connectivity index (χ0n) is 8.53. The number of ketones is 1. The summed E-state index contributed by atoms with van der Waals surface area (Å²) in [5.74, 6) is -0.0459. The lowest BCUT2D eigenvalue weighted by Gasteiger charge is -2.22. The molecule has 2 rings (SSSR count). The molecule has 78 valence electrons. The Morgan fingerprint density at radius 1 is 1.07 bits per heavy atom. The first-order chi connectivity index (χ1) is 7.29. The minimum Gasteiger partial charge on any atom is -0.872 e. The van der Waals surface area contributed by atoms with Crippen molar-refractivity contribution >= 4 is 11.5 Å². The van der Waals surface area contributed by atoms with Crippen molar-refractivity contribution in [2.45, 2.75) is 25.7 Å². The summed E-state index contributed by atoms with van der Waals surface area (Å²) in [7, 11) is 0. The number of allylic oxidation sites excluding steroid dienone is 1. The largest absolute Gasteiger partial charge is 0.872 e. The highest BCUT2D eigenvalue weighted by Crippen LogP contribution is 2.24. The van der Waals surface area contributed by atoms with Gasteiger partial charge in [-0.25, -0.2) is 0 Å². The molecule has 0 N–H and O–H groups in total. The number of carbonyl (C=O) groups excluding carboxylic acids is 1. The molecule has 0 atom stereocenters. The Kier molecular flexibility index (Phi) is 2.86. The van der Waals surface area contributed by atoms with Gasteiger partial charge in [-0.2, -0.15) is 0 Å². The van der Waals surface area contributed by atoms with Crippen molar-refractivity contribution < 1.29 is 9.90 Å². The predicted molar refractivity (Wildman–Crippen MR) is 56.8 cm³/mol. The molecule has 15 heavy (non-hydrogen) atoms. The summed E-state index contributed by atoms with van der Waals surface area (Å²) in [5, 5.41) is 12.0. The van der Waals surface area contributed by atoms with E-state index in [0.29, 0.717) is 24.0 Å². The summed E-state index contributed by atoms with van der Waals surface area (Å²) in [6.45, 7) is 0. The fraction of sp³-hybridized carbons (Fsp3) is 0.308. The second-order valence-corrected chi connectivity index (χ2v) is 3.80. The molecule has 0 radical (unpaired) electrons. The quantitative estimate of drug-likeness (QED) is 0.514. The van der Waals surface area contributed by atoms with Gasteiger partial charge in [0.05, 0.1) is 0 Å². The Bertz CT molecular complexity index is 390. The Labute approximate surface area is 89.2 Å².